The van der Waals surface area contributed by atoms with E-state index in [1.807, 2.05) is 12.1 Å². The van der Waals surface area contributed by atoms with E-state index in [4.69, 9.17) is 26.3 Å². The molecule has 3 aromatic rings. The lowest BCUT2D eigenvalue weighted by Gasteiger charge is -2.33. The summed E-state index contributed by atoms with van der Waals surface area (Å²) in [5, 5.41) is 9.64. The molecule has 1 atom stereocenters. The zero-order valence-electron chi connectivity index (χ0n) is 19.9. The quantitative estimate of drug-likeness (QED) is 0.508. The van der Waals surface area contributed by atoms with Crippen molar-refractivity contribution < 1.29 is 19.0 Å². The van der Waals surface area contributed by atoms with Gasteiger partial charge in [-0.15, -0.1) is 0 Å². The van der Waals surface area contributed by atoms with Crippen molar-refractivity contribution in [2.75, 3.05) is 24.7 Å². The molecule has 10 heteroatoms. The second-order valence-corrected chi connectivity index (χ2v) is 9.13. The van der Waals surface area contributed by atoms with Crippen LogP contribution < -0.4 is 4.90 Å². The monoisotopic (exact) mass is 519 g/mol. The lowest BCUT2D eigenvalue weighted by atomic mass is 10.1. The van der Waals surface area contributed by atoms with Crippen molar-refractivity contribution in [1.82, 2.24) is 15.0 Å². The van der Waals surface area contributed by atoms with Crippen LogP contribution in [0.2, 0.25) is 0 Å². The van der Waals surface area contributed by atoms with Gasteiger partial charge in [0.25, 0.3) is 0 Å². The van der Waals surface area contributed by atoms with Gasteiger partial charge in [0, 0.05) is 41.5 Å². The van der Waals surface area contributed by atoms with Gasteiger partial charge in [0.15, 0.2) is 0 Å². The summed E-state index contributed by atoms with van der Waals surface area (Å²) < 4.78 is 19.1. The number of aliphatic carboxylic acids is 1. The zero-order valence-corrected chi connectivity index (χ0v) is 20.7. The van der Waals surface area contributed by atoms with E-state index >= 15 is 0 Å². The number of nitrogens with zero attached hydrogens (tertiary/aromatic N) is 5. The number of pyridine rings is 1. The number of halogens is 2. The van der Waals surface area contributed by atoms with Gasteiger partial charge in [-0.3, -0.25) is 9.98 Å². The molecule has 2 aliphatic heterocycles. The standard InChI is InChI=1S/C27H23ClFN5O3/c1-16-15-37-11-10-34(16)27-32-23(17-2-6-20(29)7-3-17)12-24(33-27)18-5-9-22(30-13-18)25-21(28)8-4-19(14-31-25)26(35)36/h2-7,9,12-14,16H,8,10-11,15H2,1H3,(H,35,36). The van der Waals surface area contributed by atoms with Crippen molar-refractivity contribution in [1.29, 1.82) is 0 Å². The number of aromatic nitrogens is 3. The van der Waals surface area contributed by atoms with E-state index in [9.17, 15) is 14.3 Å². The summed E-state index contributed by atoms with van der Waals surface area (Å²) in [5.74, 6) is -0.827. The largest absolute Gasteiger partial charge is 0.478 e. The van der Waals surface area contributed by atoms with Gasteiger partial charge >= 0.3 is 5.97 Å². The van der Waals surface area contributed by atoms with Crippen LogP contribution in [0.5, 0.6) is 0 Å². The molecule has 5 rings (SSSR count). The fourth-order valence-corrected chi connectivity index (χ4v) is 4.31. The minimum atomic E-state index is -1.07. The molecule has 0 saturated carbocycles. The Hall–Kier alpha value is -3.95. The first-order valence-electron chi connectivity index (χ1n) is 11.7. The molecular formula is C27H23ClFN5O3. The third-order valence-corrected chi connectivity index (χ3v) is 6.45. The third-order valence-electron chi connectivity index (χ3n) is 6.12. The van der Waals surface area contributed by atoms with Crippen LogP contribution in [-0.4, -0.2) is 58.0 Å². The molecule has 37 heavy (non-hydrogen) atoms. The Balaban J connectivity index is 1.52. The molecule has 1 unspecified atom stereocenters. The Bertz CT molecular complexity index is 1420. The Kier molecular flexibility index (Phi) is 7.07. The molecule has 0 spiro atoms. The number of rotatable bonds is 5. The number of ether oxygens (including phenoxy) is 1. The summed E-state index contributed by atoms with van der Waals surface area (Å²) in [6, 6.07) is 11.7. The van der Waals surface area contributed by atoms with Crippen molar-refractivity contribution in [3.05, 3.63) is 76.9 Å². The second-order valence-electron chi connectivity index (χ2n) is 8.68. The van der Waals surface area contributed by atoms with Gasteiger partial charge in [-0.2, -0.15) is 0 Å². The molecule has 0 radical (unpaired) electrons. The number of aliphatic imine (C=N–C) groups is 1. The molecule has 8 nitrogen and oxygen atoms in total. The normalized spacial score (nSPS) is 18.0. The topological polar surface area (TPSA) is 101 Å². The van der Waals surface area contributed by atoms with Gasteiger partial charge < -0.3 is 14.7 Å². The van der Waals surface area contributed by atoms with Gasteiger partial charge in [-0.25, -0.2) is 19.2 Å². The first-order valence-corrected chi connectivity index (χ1v) is 12.1. The highest BCUT2D eigenvalue weighted by Gasteiger charge is 2.23. The van der Waals surface area contributed by atoms with Crippen molar-refractivity contribution in [3.8, 4) is 22.5 Å². The molecule has 2 aromatic heterocycles. The van der Waals surface area contributed by atoms with Crippen LogP contribution in [0.15, 0.2) is 70.3 Å². The zero-order chi connectivity index (χ0) is 25.9. The van der Waals surface area contributed by atoms with E-state index in [0.717, 1.165) is 11.1 Å². The third kappa shape index (κ3) is 5.42. The van der Waals surface area contributed by atoms with E-state index in [1.54, 1.807) is 24.4 Å². The number of carboxylic acid groups (broad SMARTS) is 1. The molecule has 188 valence electrons. The summed E-state index contributed by atoms with van der Waals surface area (Å²) in [6.07, 6.45) is 4.71. The highest BCUT2D eigenvalue weighted by Crippen LogP contribution is 2.30. The average Bonchev–Trinajstić information content (AvgIpc) is 3.11. The summed E-state index contributed by atoms with van der Waals surface area (Å²) in [7, 11) is 0. The molecule has 1 N–H and O–H groups in total. The first-order chi connectivity index (χ1) is 17.9. The predicted octanol–water partition coefficient (Wildman–Crippen LogP) is 4.96. The summed E-state index contributed by atoms with van der Waals surface area (Å²) in [6.45, 7) is 3.86. The van der Waals surface area contributed by atoms with Crippen molar-refractivity contribution in [2.24, 2.45) is 4.99 Å². The molecule has 0 aliphatic carbocycles. The molecule has 0 amide bonds. The van der Waals surface area contributed by atoms with Gasteiger partial charge in [0.1, 0.15) is 11.5 Å². The molecule has 1 aromatic carbocycles. The number of anilines is 1. The molecule has 1 fully saturated rings. The Morgan fingerprint density at radius 2 is 1.84 bits per heavy atom. The van der Waals surface area contributed by atoms with Crippen LogP contribution in [0, 0.1) is 5.82 Å². The first kappa shape index (κ1) is 24.7. The van der Waals surface area contributed by atoms with Gasteiger partial charge in [-0.05, 0) is 49.4 Å². The van der Waals surface area contributed by atoms with E-state index < -0.39 is 5.97 Å². The van der Waals surface area contributed by atoms with Crippen molar-refractivity contribution in [3.63, 3.8) is 0 Å². The summed E-state index contributed by atoms with van der Waals surface area (Å²) in [5.41, 5.74) is 3.83. The number of carboxylic acids is 1. The number of benzene rings is 1. The van der Waals surface area contributed by atoms with Crippen molar-refractivity contribution in [2.45, 2.75) is 19.4 Å². The highest BCUT2D eigenvalue weighted by molar-refractivity contribution is 6.33. The van der Waals surface area contributed by atoms with E-state index in [-0.39, 0.29) is 23.9 Å². The summed E-state index contributed by atoms with van der Waals surface area (Å²) in [4.78, 5) is 31.8. The number of carbonyl (C=O) groups is 1. The second kappa shape index (κ2) is 10.6. The Morgan fingerprint density at radius 1 is 1.11 bits per heavy atom. The maximum atomic E-state index is 13.6. The van der Waals surface area contributed by atoms with Crippen molar-refractivity contribution >= 4 is 35.4 Å². The maximum absolute atomic E-state index is 13.6. The lowest BCUT2D eigenvalue weighted by molar-refractivity contribution is -0.132. The van der Waals surface area contributed by atoms with E-state index in [0.29, 0.717) is 53.5 Å². The van der Waals surface area contributed by atoms with Crippen LogP contribution in [-0.2, 0) is 9.53 Å². The SMILES string of the molecule is CC1COCCN1c1nc(-c2ccc(F)cc2)cc(-c2ccc(C3=C(Cl)CC=C(C(=O)O)C=N3)nc2)n1. The van der Waals surface area contributed by atoms with E-state index in [1.165, 1.54) is 24.4 Å². The van der Waals surface area contributed by atoms with Gasteiger partial charge in [0.2, 0.25) is 5.95 Å². The van der Waals surface area contributed by atoms with Crippen LogP contribution in [0.4, 0.5) is 10.3 Å². The molecule has 2 aliphatic rings. The molecule has 1 saturated heterocycles. The lowest BCUT2D eigenvalue weighted by Crippen LogP contribution is -2.44. The minimum Gasteiger partial charge on any atom is -0.478 e. The maximum Gasteiger partial charge on any atom is 0.336 e. The highest BCUT2D eigenvalue weighted by atomic mass is 35.5. The number of hydrogen-bond acceptors (Lipinski definition) is 7. The molecular weight excluding hydrogens is 497 g/mol. The number of allylic oxidation sites excluding steroid dienone is 2. The fourth-order valence-electron chi connectivity index (χ4n) is 4.09. The Morgan fingerprint density at radius 3 is 2.51 bits per heavy atom. The molecule has 4 heterocycles. The van der Waals surface area contributed by atoms with Crippen LogP contribution in [0.1, 0.15) is 19.0 Å². The van der Waals surface area contributed by atoms with Crippen LogP contribution in [0.25, 0.3) is 28.2 Å². The Labute approximate surface area is 217 Å². The minimum absolute atomic E-state index is 0.0731. The predicted molar refractivity (Wildman–Crippen MR) is 140 cm³/mol. The smallest absolute Gasteiger partial charge is 0.336 e. The summed E-state index contributed by atoms with van der Waals surface area (Å²) >= 11 is 6.39. The number of hydrogen-bond donors (Lipinski definition) is 1. The van der Waals surface area contributed by atoms with E-state index in [2.05, 4.69) is 21.8 Å². The fraction of sp³-hybridized carbons (Fsp3) is 0.222. The molecule has 0 bridgehead atoms. The number of morpholine rings is 1. The van der Waals surface area contributed by atoms with Crippen LogP contribution >= 0.6 is 11.6 Å². The van der Waals surface area contributed by atoms with Gasteiger partial charge in [0.05, 0.1) is 41.9 Å². The van der Waals surface area contributed by atoms with Crippen LogP contribution in [0.3, 0.4) is 0 Å². The van der Waals surface area contributed by atoms with Gasteiger partial charge in [-0.1, -0.05) is 17.7 Å². The average molecular weight is 520 g/mol.